The van der Waals surface area contributed by atoms with Crippen LogP contribution in [0.3, 0.4) is 0 Å². The molecule has 2 aliphatic carbocycles. The average molecular weight is 302 g/mol. The van der Waals surface area contributed by atoms with E-state index in [0.717, 1.165) is 31.2 Å². The van der Waals surface area contributed by atoms with Gasteiger partial charge in [-0.2, -0.15) is 0 Å². The maximum Gasteiger partial charge on any atom is 0.410 e. The average Bonchev–Trinajstić information content (AvgIpc) is 3.39. The monoisotopic (exact) mass is 302 g/mol. The number of hydrogen-bond donors (Lipinski definition) is 1. The van der Waals surface area contributed by atoms with Gasteiger partial charge in [0.15, 0.2) is 0 Å². The molecule has 0 bridgehead atoms. The van der Waals surface area contributed by atoms with Crippen LogP contribution in [0.4, 0.5) is 4.79 Å². The summed E-state index contributed by atoms with van der Waals surface area (Å²) in [5, 5.41) is 3.40. The van der Waals surface area contributed by atoms with E-state index in [4.69, 9.17) is 4.74 Å². The third kappa shape index (κ3) is 3.61. The quantitative estimate of drug-likeness (QED) is 0.907. The number of carbonyl (C=O) groups excluding carboxylic acids is 1. The summed E-state index contributed by atoms with van der Waals surface area (Å²) in [6.45, 7) is 0.361. The molecule has 2 unspecified atom stereocenters. The first-order valence-corrected chi connectivity index (χ1v) is 8.46. The molecule has 1 amide bonds. The number of rotatable bonds is 5. The van der Waals surface area contributed by atoms with Gasteiger partial charge in [0.25, 0.3) is 0 Å². The summed E-state index contributed by atoms with van der Waals surface area (Å²) in [6.07, 6.45) is 6.79. The Morgan fingerprint density at radius 2 is 1.91 bits per heavy atom. The molecule has 1 aromatic carbocycles. The van der Waals surface area contributed by atoms with Gasteiger partial charge in [-0.3, -0.25) is 0 Å². The van der Waals surface area contributed by atoms with E-state index in [2.05, 4.69) is 5.32 Å². The fourth-order valence-corrected chi connectivity index (χ4v) is 3.48. The van der Waals surface area contributed by atoms with E-state index >= 15 is 0 Å². The molecule has 2 aliphatic rings. The standard InChI is InChI=1S/C18H26N2O2/c1-19-16-9-5-6-10-17(16)20(15-11-12-15)18(21)22-13-14-7-3-2-4-8-14/h2-4,7-8,15-17,19H,5-6,9-13H2,1H3. The van der Waals surface area contributed by atoms with Crippen LogP contribution < -0.4 is 5.32 Å². The topological polar surface area (TPSA) is 41.6 Å². The van der Waals surface area contributed by atoms with E-state index in [1.165, 1.54) is 12.8 Å². The highest BCUT2D eigenvalue weighted by Crippen LogP contribution is 2.34. The molecule has 120 valence electrons. The summed E-state index contributed by atoms with van der Waals surface area (Å²) in [5.41, 5.74) is 1.04. The molecule has 0 aliphatic heterocycles. The molecule has 2 saturated carbocycles. The number of nitrogens with zero attached hydrogens (tertiary/aromatic N) is 1. The van der Waals surface area contributed by atoms with Gasteiger partial charge in [0.2, 0.25) is 0 Å². The highest BCUT2D eigenvalue weighted by molar-refractivity contribution is 5.69. The van der Waals surface area contributed by atoms with Crippen LogP contribution in [0.15, 0.2) is 30.3 Å². The lowest BCUT2D eigenvalue weighted by Crippen LogP contribution is -2.54. The van der Waals surface area contributed by atoms with Gasteiger partial charge in [-0.25, -0.2) is 4.79 Å². The number of nitrogens with one attached hydrogen (secondary N) is 1. The van der Waals surface area contributed by atoms with Crippen LogP contribution in [0.5, 0.6) is 0 Å². The summed E-state index contributed by atoms with van der Waals surface area (Å²) in [5.74, 6) is 0. The number of amides is 1. The Balaban J connectivity index is 1.64. The summed E-state index contributed by atoms with van der Waals surface area (Å²) in [4.78, 5) is 14.7. The van der Waals surface area contributed by atoms with Crippen molar-refractivity contribution in [2.45, 2.75) is 63.3 Å². The largest absolute Gasteiger partial charge is 0.445 e. The van der Waals surface area contributed by atoms with Gasteiger partial charge in [0.1, 0.15) is 6.61 Å². The van der Waals surface area contributed by atoms with E-state index < -0.39 is 0 Å². The van der Waals surface area contributed by atoms with Crippen molar-refractivity contribution in [2.75, 3.05) is 7.05 Å². The van der Waals surface area contributed by atoms with E-state index in [1.807, 2.05) is 42.3 Å². The molecule has 3 rings (SSSR count). The molecule has 0 saturated heterocycles. The Hall–Kier alpha value is -1.55. The lowest BCUT2D eigenvalue weighted by Gasteiger charge is -2.39. The van der Waals surface area contributed by atoms with Gasteiger partial charge in [-0.05, 0) is 38.3 Å². The van der Waals surface area contributed by atoms with Crippen molar-refractivity contribution < 1.29 is 9.53 Å². The molecule has 4 nitrogen and oxygen atoms in total. The molecule has 0 radical (unpaired) electrons. The highest BCUT2D eigenvalue weighted by atomic mass is 16.6. The highest BCUT2D eigenvalue weighted by Gasteiger charge is 2.41. The molecule has 22 heavy (non-hydrogen) atoms. The van der Waals surface area contributed by atoms with Crippen molar-refractivity contribution in [1.29, 1.82) is 0 Å². The van der Waals surface area contributed by atoms with E-state index in [9.17, 15) is 4.79 Å². The predicted octanol–water partition coefficient (Wildman–Crippen LogP) is 3.32. The lowest BCUT2D eigenvalue weighted by atomic mass is 9.89. The summed E-state index contributed by atoms with van der Waals surface area (Å²) >= 11 is 0. The molecule has 2 atom stereocenters. The van der Waals surface area contributed by atoms with Crippen LogP contribution >= 0.6 is 0 Å². The zero-order valence-electron chi connectivity index (χ0n) is 13.3. The van der Waals surface area contributed by atoms with Crippen molar-refractivity contribution in [1.82, 2.24) is 10.2 Å². The summed E-state index contributed by atoms with van der Waals surface area (Å²) < 4.78 is 5.60. The minimum Gasteiger partial charge on any atom is -0.445 e. The minimum atomic E-state index is -0.140. The Labute approximate surface area is 132 Å². The van der Waals surface area contributed by atoms with E-state index in [0.29, 0.717) is 18.7 Å². The minimum absolute atomic E-state index is 0.140. The smallest absolute Gasteiger partial charge is 0.410 e. The van der Waals surface area contributed by atoms with E-state index in [-0.39, 0.29) is 12.1 Å². The SMILES string of the molecule is CNC1CCCCC1N(C(=O)OCc1ccccc1)C1CC1. The van der Waals surface area contributed by atoms with Crippen LogP contribution in [0.2, 0.25) is 0 Å². The van der Waals surface area contributed by atoms with Crippen LogP contribution in [0, 0.1) is 0 Å². The predicted molar refractivity (Wildman–Crippen MR) is 86.6 cm³/mol. The van der Waals surface area contributed by atoms with Gasteiger partial charge >= 0.3 is 6.09 Å². The van der Waals surface area contributed by atoms with Gasteiger partial charge in [0.05, 0.1) is 6.04 Å². The molecule has 0 heterocycles. The fraction of sp³-hybridized carbons (Fsp3) is 0.611. The second kappa shape index (κ2) is 7.14. The Morgan fingerprint density at radius 1 is 1.18 bits per heavy atom. The first-order valence-electron chi connectivity index (χ1n) is 8.46. The van der Waals surface area contributed by atoms with Crippen molar-refractivity contribution in [3.8, 4) is 0 Å². The molecule has 4 heteroatoms. The van der Waals surface area contributed by atoms with Crippen molar-refractivity contribution >= 4 is 6.09 Å². The second-order valence-electron chi connectivity index (χ2n) is 6.43. The molecule has 2 fully saturated rings. The molecular weight excluding hydrogens is 276 g/mol. The first-order chi connectivity index (χ1) is 10.8. The summed E-state index contributed by atoms with van der Waals surface area (Å²) in [7, 11) is 2.00. The number of likely N-dealkylation sites (N-methyl/N-ethyl adjacent to an activating group) is 1. The third-order valence-corrected chi connectivity index (χ3v) is 4.81. The Kier molecular flexibility index (Phi) is 4.98. The fourth-order valence-electron chi connectivity index (χ4n) is 3.48. The maximum absolute atomic E-state index is 12.6. The lowest BCUT2D eigenvalue weighted by molar-refractivity contribution is 0.0591. The zero-order valence-corrected chi connectivity index (χ0v) is 13.3. The molecule has 0 aromatic heterocycles. The first kappa shape index (κ1) is 15.3. The zero-order chi connectivity index (χ0) is 15.4. The van der Waals surface area contributed by atoms with Crippen molar-refractivity contribution in [2.24, 2.45) is 0 Å². The second-order valence-corrected chi connectivity index (χ2v) is 6.43. The molecular formula is C18H26N2O2. The van der Waals surface area contributed by atoms with E-state index in [1.54, 1.807) is 0 Å². The number of hydrogen-bond acceptors (Lipinski definition) is 3. The number of benzene rings is 1. The molecule has 1 N–H and O–H groups in total. The van der Waals surface area contributed by atoms with Gasteiger partial charge in [0, 0.05) is 12.1 Å². The Bertz CT molecular complexity index is 487. The number of ether oxygens (including phenoxy) is 1. The van der Waals surface area contributed by atoms with Crippen LogP contribution in [-0.4, -0.2) is 36.2 Å². The van der Waals surface area contributed by atoms with Crippen LogP contribution in [-0.2, 0) is 11.3 Å². The van der Waals surface area contributed by atoms with Gasteiger partial charge < -0.3 is 15.0 Å². The summed E-state index contributed by atoms with van der Waals surface area (Å²) in [6, 6.07) is 11.0. The molecule has 1 aromatic rings. The normalized spacial score (nSPS) is 24.8. The van der Waals surface area contributed by atoms with Crippen molar-refractivity contribution in [3.05, 3.63) is 35.9 Å². The van der Waals surface area contributed by atoms with Crippen LogP contribution in [0.1, 0.15) is 44.1 Å². The van der Waals surface area contributed by atoms with Crippen molar-refractivity contribution in [3.63, 3.8) is 0 Å². The Morgan fingerprint density at radius 3 is 2.59 bits per heavy atom. The maximum atomic E-state index is 12.6. The van der Waals surface area contributed by atoms with Gasteiger partial charge in [-0.1, -0.05) is 43.2 Å². The van der Waals surface area contributed by atoms with Gasteiger partial charge in [-0.15, -0.1) is 0 Å². The number of carbonyl (C=O) groups is 1. The molecule has 0 spiro atoms. The van der Waals surface area contributed by atoms with Crippen LogP contribution in [0.25, 0.3) is 0 Å². The third-order valence-electron chi connectivity index (χ3n) is 4.81.